The zero-order valence-electron chi connectivity index (χ0n) is 21.6. The predicted molar refractivity (Wildman–Crippen MR) is 149 cm³/mol. The van der Waals surface area contributed by atoms with Crippen LogP contribution in [0.3, 0.4) is 0 Å². The second-order valence-electron chi connectivity index (χ2n) is 9.81. The van der Waals surface area contributed by atoms with Gasteiger partial charge in [0.15, 0.2) is 0 Å². The molecule has 0 saturated carbocycles. The molecule has 4 aromatic rings. The van der Waals surface area contributed by atoms with E-state index in [9.17, 15) is 9.90 Å². The molecule has 0 fully saturated rings. The highest BCUT2D eigenvalue weighted by atomic mass is 16.5. The van der Waals surface area contributed by atoms with Crippen LogP contribution in [0, 0.1) is 6.92 Å². The van der Waals surface area contributed by atoms with Crippen molar-refractivity contribution in [1.29, 1.82) is 0 Å². The molecule has 7 nitrogen and oxygen atoms in total. The molecule has 7 heteroatoms. The van der Waals surface area contributed by atoms with E-state index in [1.807, 2.05) is 43.3 Å². The second-order valence-corrected chi connectivity index (χ2v) is 9.81. The largest absolute Gasteiger partial charge is 0.478 e. The summed E-state index contributed by atoms with van der Waals surface area (Å²) in [5.41, 5.74) is 8.21. The van der Waals surface area contributed by atoms with Gasteiger partial charge in [0.05, 0.1) is 42.0 Å². The third-order valence-electron chi connectivity index (χ3n) is 7.25. The molecule has 0 unspecified atom stereocenters. The lowest BCUT2D eigenvalue weighted by atomic mass is 9.99. The van der Waals surface area contributed by atoms with Gasteiger partial charge in [-0.1, -0.05) is 42.5 Å². The van der Waals surface area contributed by atoms with E-state index in [2.05, 4.69) is 34.6 Å². The van der Waals surface area contributed by atoms with Crippen LogP contribution in [0.5, 0.6) is 6.01 Å². The minimum Gasteiger partial charge on any atom is -0.478 e. The maximum atomic E-state index is 11.7. The van der Waals surface area contributed by atoms with Crippen LogP contribution in [-0.4, -0.2) is 50.9 Å². The Morgan fingerprint density at radius 3 is 2.66 bits per heavy atom. The van der Waals surface area contributed by atoms with Gasteiger partial charge in [-0.15, -0.1) is 0 Å². The summed E-state index contributed by atoms with van der Waals surface area (Å²) in [6.07, 6.45) is 4.50. The molecule has 2 aliphatic heterocycles. The fourth-order valence-corrected chi connectivity index (χ4v) is 5.37. The SMILES string of the molecule is CCOc1nc2c(C)cc(C3=NC4=CCCCN4C3)cc2n1Cc1ccc(-c2ccccc2C(=O)O)cc1. The van der Waals surface area contributed by atoms with E-state index in [1.165, 1.54) is 6.42 Å². The molecule has 3 aromatic carbocycles. The molecule has 0 amide bonds. The van der Waals surface area contributed by atoms with Crippen LogP contribution in [0.4, 0.5) is 0 Å². The van der Waals surface area contributed by atoms with Crippen molar-refractivity contribution in [3.8, 4) is 17.1 Å². The smallest absolute Gasteiger partial charge is 0.336 e. The molecular weight excluding hydrogens is 476 g/mol. The molecule has 2 aliphatic rings. The van der Waals surface area contributed by atoms with Crippen molar-refractivity contribution in [2.75, 3.05) is 19.7 Å². The van der Waals surface area contributed by atoms with Crippen LogP contribution in [0.15, 0.2) is 77.6 Å². The van der Waals surface area contributed by atoms with Gasteiger partial charge in [0, 0.05) is 12.1 Å². The number of carbonyl (C=O) groups is 1. The number of aromatic carboxylic acids is 1. The van der Waals surface area contributed by atoms with E-state index in [1.54, 1.807) is 12.1 Å². The lowest BCUT2D eigenvalue weighted by Crippen LogP contribution is -2.25. The summed E-state index contributed by atoms with van der Waals surface area (Å²) < 4.78 is 8.09. The van der Waals surface area contributed by atoms with E-state index in [0.717, 1.165) is 64.3 Å². The van der Waals surface area contributed by atoms with Crippen molar-refractivity contribution in [3.05, 3.63) is 94.8 Å². The Hall–Kier alpha value is -4.39. The molecule has 1 aromatic heterocycles. The monoisotopic (exact) mass is 506 g/mol. The van der Waals surface area contributed by atoms with Crippen molar-refractivity contribution >= 4 is 22.7 Å². The van der Waals surface area contributed by atoms with Gasteiger partial charge in [-0.3, -0.25) is 4.57 Å². The van der Waals surface area contributed by atoms with E-state index in [-0.39, 0.29) is 0 Å². The molecule has 0 atom stereocenters. The summed E-state index contributed by atoms with van der Waals surface area (Å²) >= 11 is 0. The Bertz CT molecular complexity index is 1600. The zero-order chi connectivity index (χ0) is 26.2. The maximum absolute atomic E-state index is 11.7. The number of carboxylic acid groups (broad SMARTS) is 1. The van der Waals surface area contributed by atoms with Gasteiger partial charge >= 0.3 is 5.97 Å². The quantitative estimate of drug-likeness (QED) is 0.338. The first-order valence-corrected chi connectivity index (χ1v) is 13.1. The number of rotatable bonds is 7. The third-order valence-corrected chi connectivity index (χ3v) is 7.25. The average molecular weight is 507 g/mol. The summed E-state index contributed by atoms with van der Waals surface area (Å²) in [4.78, 5) is 23.8. The van der Waals surface area contributed by atoms with Gasteiger partial charge < -0.3 is 14.7 Å². The summed E-state index contributed by atoms with van der Waals surface area (Å²) in [7, 11) is 0. The summed E-state index contributed by atoms with van der Waals surface area (Å²) in [6.45, 7) is 7.06. The molecule has 3 heterocycles. The van der Waals surface area contributed by atoms with Crippen molar-refractivity contribution in [1.82, 2.24) is 14.5 Å². The minimum absolute atomic E-state index is 0.296. The first-order chi connectivity index (χ1) is 18.5. The molecular formula is C31H30N4O3. The Morgan fingerprint density at radius 2 is 1.89 bits per heavy atom. The first kappa shape index (κ1) is 24.0. The molecule has 6 rings (SSSR count). The number of hydrogen-bond acceptors (Lipinski definition) is 5. The van der Waals surface area contributed by atoms with Gasteiger partial charge in [0.2, 0.25) is 0 Å². The number of nitrogens with zero attached hydrogens (tertiary/aromatic N) is 4. The maximum Gasteiger partial charge on any atom is 0.336 e. The van der Waals surface area contributed by atoms with Gasteiger partial charge in [-0.2, -0.15) is 4.98 Å². The highest BCUT2D eigenvalue weighted by Crippen LogP contribution is 2.31. The number of imidazole rings is 1. The summed E-state index contributed by atoms with van der Waals surface area (Å²) in [6, 6.07) is 20.1. The summed E-state index contributed by atoms with van der Waals surface area (Å²) in [5.74, 6) is 0.165. The predicted octanol–water partition coefficient (Wildman–Crippen LogP) is 5.90. The fraction of sp³-hybridized carbons (Fsp3) is 0.258. The van der Waals surface area contributed by atoms with Crippen LogP contribution in [0.2, 0.25) is 0 Å². The molecule has 0 bridgehead atoms. The average Bonchev–Trinajstić information content (AvgIpc) is 3.51. The second kappa shape index (κ2) is 9.82. The van der Waals surface area contributed by atoms with Crippen LogP contribution < -0.4 is 4.74 Å². The zero-order valence-corrected chi connectivity index (χ0v) is 21.6. The van der Waals surface area contributed by atoms with Gasteiger partial charge in [-0.05, 0) is 73.2 Å². The van der Waals surface area contributed by atoms with Gasteiger partial charge in [0.1, 0.15) is 5.82 Å². The highest BCUT2D eigenvalue weighted by molar-refractivity contribution is 6.06. The molecule has 1 N–H and O–H groups in total. The number of aliphatic imine (C=N–C) groups is 1. The van der Waals surface area contributed by atoms with Crippen LogP contribution >= 0.6 is 0 Å². The lowest BCUT2D eigenvalue weighted by molar-refractivity contribution is 0.0697. The topological polar surface area (TPSA) is 80.0 Å². The minimum atomic E-state index is -0.929. The fourth-order valence-electron chi connectivity index (χ4n) is 5.37. The lowest BCUT2D eigenvalue weighted by Gasteiger charge is -2.21. The van der Waals surface area contributed by atoms with E-state index < -0.39 is 5.97 Å². The molecule has 0 spiro atoms. The van der Waals surface area contributed by atoms with E-state index in [0.29, 0.717) is 30.3 Å². The normalized spacial score (nSPS) is 14.8. The van der Waals surface area contributed by atoms with Crippen molar-refractivity contribution in [2.24, 2.45) is 4.99 Å². The van der Waals surface area contributed by atoms with Gasteiger partial charge in [0.25, 0.3) is 6.01 Å². The Morgan fingerprint density at radius 1 is 1.08 bits per heavy atom. The van der Waals surface area contributed by atoms with Crippen molar-refractivity contribution in [3.63, 3.8) is 0 Å². The third kappa shape index (κ3) is 4.34. The number of ether oxygens (including phenoxy) is 1. The molecule has 0 saturated heterocycles. The number of benzene rings is 3. The first-order valence-electron chi connectivity index (χ1n) is 13.1. The number of aromatic nitrogens is 2. The number of carboxylic acids is 1. The Kier molecular flexibility index (Phi) is 6.19. The number of hydrogen-bond donors (Lipinski definition) is 1. The van der Waals surface area contributed by atoms with Crippen molar-refractivity contribution in [2.45, 2.75) is 33.2 Å². The number of aryl methyl sites for hydroxylation is 1. The van der Waals surface area contributed by atoms with Crippen LogP contribution in [0.1, 0.15) is 46.8 Å². The van der Waals surface area contributed by atoms with Gasteiger partial charge in [-0.25, -0.2) is 9.79 Å². The molecule has 38 heavy (non-hydrogen) atoms. The molecule has 0 aliphatic carbocycles. The van der Waals surface area contributed by atoms with E-state index >= 15 is 0 Å². The Balaban J connectivity index is 1.36. The number of allylic oxidation sites excluding steroid dienone is 1. The highest BCUT2D eigenvalue weighted by Gasteiger charge is 2.24. The van der Waals surface area contributed by atoms with Crippen LogP contribution in [-0.2, 0) is 6.54 Å². The number of fused-ring (bicyclic) bond motifs is 2. The molecule has 192 valence electrons. The standard InChI is InChI=1S/C31H30N4O3/c1-3-38-31-33-29-20(2)16-23(26-19-34-15-7-6-10-28(34)32-26)17-27(29)35(31)18-21-11-13-22(14-12-21)24-8-4-5-9-25(24)30(36)37/h4-5,8-14,16-17H,3,6-7,15,18-19H2,1-2H3,(H,36,37). The molecule has 0 radical (unpaired) electrons. The van der Waals surface area contributed by atoms with E-state index in [4.69, 9.17) is 14.7 Å². The van der Waals surface area contributed by atoms with Crippen molar-refractivity contribution < 1.29 is 14.6 Å². The Labute approximate surface area is 221 Å². The van der Waals surface area contributed by atoms with Crippen LogP contribution in [0.25, 0.3) is 22.2 Å². The summed E-state index contributed by atoms with van der Waals surface area (Å²) in [5, 5.41) is 9.58.